The van der Waals surface area contributed by atoms with Crippen LogP contribution in [0.1, 0.15) is 24.2 Å². The molecule has 0 bridgehead atoms. The van der Waals surface area contributed by atoms with Gasteiger partial charge in [-0.05, 0) is 55.0 Å². The van der Waals surface area contributed by atoms with E-state index in [0.717, 1.165) is 16.9 Å². The van der Waals surface area contributed by atoms with Crippen molar-refractivity contribution in [1.82, 2.24) is 9.88 Å². The van der Waals surface area contributed by atoms with E-state index in [-0.39, 0.29) is 18.0 Å². The lowest BCUT2D eigenvalue weighted by Gasteiger charge is -2.34. The largest absolute Gasteiger partial charge is 0.356 e. The zero-order valence-corrected chi connectivity index (χ0v) is 15.6. The van der Waals surface area contributed by atoms with Gasteiger partial charge in [0.05, 0.1) is 11.7 Å². The Balaban J connectivity index is 1.60. The second kappa shape index (κ2) is 5.56. The summed E-state index contributed by atoms with van der Waals surface area (Å²) in [7, 11) is 0. The summed E-state index contributed by atoms with van der Waals surface area (Å²) in [4.78, 5) is 20.4. The van der Waals surface area contributed by atoms with E-state index in [9.17, 15) is 4.79 Å². The Morgan fingerprint density at radius 3 is 2.65 bits per heavy atom. The number of hydrogen-bond acceptors (Lipinski definition) is 2. The first-order valence-electron chi connectivity index (χ1n) is 8.57. The van der Waals surface area contributed by atoms with Crippen molar-refractivity contribution in [3.63, 3.8) is 0 Å². The number of carbonyl (C=O) groups excluding carboxylic acids is 1. The molecule has 2 aromatic carbocycles. The summed E-state index contributed by atoms with van der Waals surface area (Å²) in [5.41, 5.74) is 4.25. The number of nitrogens with zero attached hydrogens (tertiary/aromatic N) is 2. The number of aromatic amines is 1. The molecule has 5 rings (SSSR count). The Hall–Kier alpha value is -2.37. The van der Waals surface area contributed by atoms with Gasteiger partial charge < -0.3 is 9.88 Å². The fourth-order valence-electron chi connectivity index (χ4n) is 4.19. The van der Waals surface area contributed by atoms with Crippen molar-refractivity contribution in [2.75, 3.05) is 4.90 Å². The minimum atomic E-state index is -0.264. The second-order valence-electron chi connectivity index (χ2n) is 6.80. The maximum atomic E-state index is 13.2. The van der Waals surface area contributed by atoms with Crippen LogP contribution >= 0.6 is 23.8 Å². The number of para-hydroxylation sites is 1. The lowest BCUT2D eigenvalue weighted by Crippen LogP contribution is -2.42. The molecule has 2 aliphatic rings. The first kappa shape index (κ1) is 15.9. The van der Waals surface area contributed by atoms with Crippen LogP contribution in [0.4, 0.5) is 5.69 Å². The van der Waals surface area contributed by atoms with Crippen LogP contribution in [-0.2, 0) is 11.2 Å². The van der Waals surface area contributed by atoms with Crippen LogP contribution in [0.25, 0.3) is 10.9 Å². The topological polar surface area (TPSA) is 39.3 Å². The van der Waals surface area contributed by atoms with Crippen LogP contribution in [0.15, 0.2) is 48.5 Å². The zero-order valence-electron chi connectivity index (χ0n) is 14.1. The third-order valence-electron chi connectivity index (χ3n) is 5.42. The Morgan fingerprint density at radius 1 is 1.15 bits per heavy atom. The molecule has 26 heavy (non-hydrogen) atoms. The van der Waals surface area contributed by atoms with Crippen LogP contribution in [0.3, 0.4) is 0 Å². The number of carbonyl (C=O) groups is 1. The second-order valence-corrected chi connectivity index (χ2v) is 7.60. The summed E-state index contributed by atoms with van der Waals surface area (Å²) >= 11 is 11.7. The van der Waals surface area contributed by atoms with Gasteiger partial charge in [-0.2, -0.15) is 0 Å². The number of H-pyrrole nitrogens is 1. The minimum absolute atomic E-state index is 0.0184. The lowest BCUT2D eigenvalue weighted by atomic mass is 9.93. The third kappa shape index (κ3) is 2.07. The molecule has 0 saturated carbocycles. The molecule has 130 valence electrons. The quantitative estimate of drug-likeness (QED) is 0.633. The Bertz CT molecular complexity index is 1060. The van der Waals surface area contributed by atoms with E-state index in [2.05, 4.69) is 28.9 Å². The number of nitrogens with one attached hydrogen (secondary N) is 1. The highest BCUT2D eigenvalue weighted by Crippen LogP contribution is 2.41. The highest BCUT2D eigenvalue weighted by molar-refractivity contribution is 7.80. The maximum Gasteiger partial charge on any atom is 0.256 e. The Kier molecular flexibility index (Phi) is 3.39. The van der Waals surface area contributed by atoms with Crippen molar-refractivity contribution in [3.8, 4) is 0 Å². The number of hydrogen-bond donors (Lipinski definition) is 1. The molecule has 1 amide bonds. The molecule has 0 spiro atoms. The number of amides is 1. The number of aromatic nitrogens is 1. The number of fused-ring (bicyclic) bond motifs is 4. The molecule has 0 radical (unpaired) electrons. The lowest BCUT2D eigenvalue weighted by molar-refractivity contribution is -0.120. The monoisotopic (exact) mass is 381 g/mol. The molecule has 2 aliphatic heterocycles. The minimum Gasteiger partial charge on any atom is -0.356 e. The van der Waals surface area contributed by atoms with Gasteiger partial charge in [0.2, 0.25) is 0 Å². The SMILES string of the molecule is C[C@H]1c2[nH]c3ccccc3c2C[C@H]2C(=O)N(c3ccc(Cl)cc3)C(=S)N21. The summed E-state index contributed by atoms with van der Waals surface area (Å²) in [5.74, 6) is 0.0279. The molecule has 6 heteroatoms. The zero-order chi connectivity index (χ0) is 18.0. The Morgan fingerprint density at radius 2 is 1.88 bits per heavy atom. The van der Waals surface area contributed by atoms with Crippen molar-refractivity contribution < 1.29 is 4.79 Å². The van der Waals surface area contributed by atoms with Crippen molar-refractivity contribution in [3.05, 3.63) is 64.8 Å². The maximum absolute atomic E-state index is 13.2. The molecular formula is C20H16ClN3OS. The number of rotatable bonds is 1. The summed E-state index contributed by atoms with van der Waals surface area (Å²) in [5, 5.41) is 2.38. The predicted octanol–water partition coefficient (Wildman–Crippen LogP) is 4.44. The summed E-state index contributed by atoms with van der Waals surface area (Å²) in [6, 6.07) is 15.2. The molecule has 3 aromatic rings. The summed E-state index contributed by atoms with van der Waals surface area (Å²) in [6.07, 6.45) is 0.659. The van der Waals surface area contributed by atoms with E-state index in [4.69, 9.17) is 23.8 Å². The molecule has 1 fully saturated rings. The van der Waals surface area contributed by atoms with Gasteiger partial charge in [-0.3, -0.25) is 9.69 Å². The summed E-state index contributed by atoms with van der Waals surface area (Å²) in [6.45, 7) is 2.10. The number of benzene rings is 2. The van der Waals surface area contributed by atoms with E-state index >= 15 is 0 Å². The van der Waals surface area contributed by atoms with Gasteiger partial charge in [0.25, 0.3) is 5.91 Å². The van der Waals surface area contributed by atoms with Crippen molar-refractivity contribution in [2.45, 2.75) is 25.4 Å². The van der Waals surface area contributed by atoms with Gasteiger partial charge in [0, 0.05) is 28.0 Å². The van der Waals surface area contributed by atoms with E-state index in [1.165, 1.54) is 10.9 Å². The Labute approximate surface area is 161 Å². The summed E-state index contributed by atoms with van der Waals surface area (Å²) < 4.78 is 0. The fraction of sp³-hybridized carbons (Fsp3) is 0.200. The molecule has 1 saturated heterocycles. The van der Waals surface area contributed by atoms with Crippen molar-refractivity contribution >= 4 is 51.4 Å². The van der Waals surface area contributed by atoms with Gasteiger partial charge in [0.1, 0.15) is 6.04 Å². The molecule has 1 N–H and O–H groups in total. The van der Waals surface area contributed by atoms with Crippen LogP contribution in [0.5, 0.6) is 0 Å². The van der Waals surface area contributed by atoms with Gasteiger partial charge in [0.15, 0.2) is 5.11 Å². The number of thiocarbonyl (C=S) groups is 1. The molecule has 2 atom stereocenters. The van der Waals surface area contributed by atoms with Crippen LogP contribution in [0.2, 0.25) is 5.02 Å². The molecule has 1 aromatic heterocycles. The van der Waals surface area contributed by atoms with Gasteiger partial charge in [-0.25, -0.2) is 0 Å². The smallest absolute Gasteiger partial charge is 0.256 e. The highest BCUT2D eigenvalue weighted by Gasteiger charge is 2.49. The van der Waals surface area contributed by atoms with Crippen LogP contribution in [0, 0.1) is 0 Å². The van der Waals surface area contributed by atoms with Gasteiger partial charge in [-0.1, -0.05) is 29.8 Å². The number of halogens is 1. The molecular weight excluding hydrogens is 366 g/mol. The van der Waals surface area contributed by atoms with E-state index in [0.29, 0.717) is 16.6 Å². The fourth-order valence-corrected chi connectivity index (χ4v) is 4.80. The highest BCUT2D eigenvalue weighted by atomic mass is 35.5. The first-order valence-corrected chi connectivity index (χ1v) is 9.36. The first-order chi connectivity index (χ1) is 12.6. The predicted molar refractivity (Wildman–Crippen MR) is 108 cm³/mol. The van der Waals surface area contributed by atoms with Crippen LogP contribution < -0.4 is 4.90 Å². The number of anilines is 1. The average Bonchev–Trinajstić information content (AvgIpc) is 3.13. The van der Waals surface area contributed by atoms with Gasteiger partial charge in [-0.15, -0.1) is 0 Å². The molecule has 3 heterocycles. The third-order valence-corrected chi connectivity index (χ3v) is 6.06. The van der Waals surface area contributed by atoms with E-state index in [1.807, 2.05) is 24.3 Å². The van der Waals surface area contributed by atoms with Crippen LogP contribution in [-0.4, -0.2) is 26.9 Å². The molecule has 0 aliphatic carbocycles. The van der Waals surface area contributed by atoms with E-state index < -0.39 is 0 Å². The standard InChI is InChI=1S/C20H16ClN3OS/c1-11-18-15(14-4-2-3-5-16(14)22-18)10-17-19(25)24(20(26)23(11)17)13-8-6-12(21)7-9-13/h2-9,11,17,22H,10H2,1H3/t11-,17-/m0/s1. The van der Waals surface area contributed by atoms with Gasteiger partial charge >= 0.3 is 0 Å². The normalized spacial score (nSPS) is 22.1. The molecule has 4 nitrogen and oxygen atoms in total. The molecule has 0 unspecified atom stereocenters. The average molecular weight is 382 g/mol. The van der Waals surface area contributed by atoms with E-state index in [1.54, 1.807) is 17.0 Å². The van der Waals surface area contributed by atoms with Crippen molar-refractivity contribution in [2.24, 2.45) is 0 Å². The van der Waals surface area contributed by atoms with Crippen molar-refractivity contribution in [1.29, 1.82) is 0 Å².